The van der Waals surface area contributed by atoms with Crippen LogP contribution < -0.4 is 0 Å². The Bertz CT molecular complexity index is 591. The van der Waals surface area contributed by atoms with Crippen molar-refractivity contribution >= 4 is 11.9 Å². The Morgan fingerprint density at radius 3 is 2.78 bits per heavy atom. The number of Topliss-reactive ketones (excluding diaryl/α,β-unsaturated/α-hetero) is 1. The summed E-state index contributed by atoms with van der Waals surface area (Å²) in [6.07, 6.45) is 6.28. The summed E-state index contributed by atoms with van der Waals surface area (Å²) < 4.78 is 5.28. The molecule has 0 radical (unpaired) electrons. The second kappa shape index (κ2) is 4.65. The van der Waals surface area contributed by atoms with Crippen LogP contribution in [-0.4, -0.2) is 5.78 Å². The van der Waals surface area contributed by atoms with Crippen molar-refractivity contribution in [2.75, 3.05) is 0 Å². The Morgan fingerprint density at radius 2 is 1.94 bits per heavy atom. The molecule has 2 nitrogen and oxygen atoms in total. The number of fused-ring (bicyclic) bond motifs is 1. The lowest BCUT2D eigenvalue weighted by atomic mass is 9.99. The zero-order valence-electron chi connectivity index (χ0n) is 10.1. The minimum Gasteiger partial charge on any atom is -0.465 e. The van der Waals surface area contributed by atoms with Crippen molar-refractivity contribution in [1.29, 1.82) is 0 Å². The van der Waals surface area contributed by atoms with E-state index in [4.69, 9.17) is 4.42 Å². The molecule has 1 aliphatic carbocycles. The molecule has 2 aromatic rings. The molecule has 1 aromatic carbocycles. The van der Waals surface area contributed by atoms with Gasteiger partial charge >= 0.3 is 0 Å². The van der Waals surface area contributed by atoms with Crippen LogP contribution in [0, 0.1) is 0 Å². The molecule has 0 aliphatic heterocycles. The smallest absolute Gasteiger partial charge is 0.189 e. The van der Waals surface area contributed by atoms with Gasteiger partial charge in [0.15, 0.2) is 5.78 Å². The van der Waals surface area contributed by atoms with Crippen LogP contribution in [0.3, 0.4) is 0 Å². The highest BCUT2D eigenvalue weighted by Gasteiger charge is 2.19. The standard InChI is InChI=1S/C16H14O2/c17-16-13(11-14-8-4-10-18-14)7-3-6-12-5-1-2-9-15(12)16/h1-2,4-5,8-11H,3,6-7H2/b13-11+. The summed E-state index contributed by atoms with van der Waals surface area (Å²) in [4.78, 5) is 12.5. The molecule has 0 spiro atoms. The first-order valence-electron chi connectivity index (χ1n) is 6.21. The summed E-state index contributed by atoms with van der Waals surface area (Å²) in [7, 11) is 0. The number of hydrogen-bond acceptors (Lipinski definition) is 2. The van der Waals surface area contributed by atoms with E-state index >= 15 is 0 Å². The highest BCUT2D eigenvalue weighted by molar-refractivity contribution is 6.12. The van der Waals surface area contributed by atoms with Crippen LogP contribution >= 0.6 is 0 Å². The van der Waals surface area contributed by atoms with Gasteiger partial charge in [0.25, 0.3) is 0 Å². The van der Waals surface area contributed by atoms with E-state index < -0.39 is 0 Å². The van der Waals surface area contributed by atoms with Crippen molar-refractivity contribution < 1.29 is 9.21 Å². The van der Waals surface area contributed by atoms with Crippen molar-refractivity contribution in [1.82, 2.24) is 0 Å². The maximum absolute atomic E-state index is 12.5. The minimum absolute atomic E-state index is 0.138. The number of ketones is 1. The summed E-state index contributed by atoms with van der Waals surface area (Å²) >= 11 is 0. The molecule has 1 aliphatic rings. The summed E-state index contributed by atoms with van der Waals surface area (Å²) in [6.45, 7) is 0. The first-order valence-corrected chi connectivity index (χ1v) is 6.21. The van der Waals surface area contributed by atoms with E-state index in [1.54, 1.807) is 6.26 Å². The molecule has 0 atom stereocenters. The fraction of sp³-hybridized carbons (Fsp3) is 0.188. The molecule has 1 aromatic heterocycles. The van der Waals surface area contributed by atoms with E-state index in [1.807, 2.05) is 42.5 Å². The number of rotatable bonds is 1. The Balaban J connectivity index is 2.02. The van der Waals surface area contributed by atoms with Crippen LogP contribution in [0.15, 0.2) is 52.7 Å². The highest BCUT2D eigenvalue weighted by Crippen LogP contribution is 2.25. The molecule has 0 N–H and O–H groups in total. The van der Waals surface area contributed by atoms with Gasteiger partial charge in [0.2, 0.25) is 0 Å². The average molecular weight is 238 g/mol. The number of allylic oxidation sites excluding steroid dienone is 1. The molecule has 1 heterocycles. The number of hydrogen-bond donors (Lipinski definition) is 0. The molecular formula is C16H14O2. The lowest BCUT2D eigenvalue weighted by Crippen LogP contribution is -2.03. The Hall–Kier alpha value is -2.09. The molecule has 18 heavy (non-hydrogen) atoms. The van der Waals surface area contributed by atoms with Crippen molar-refractivity contribution in [3.8, 4) is 0 Å². The van der Waals surface area contributed by atoms with E-state index in [0.29, 0.717) is 0 Å². The summed E-state index contributed by atoms with van der Waals surface area (Å²) in [5, 5.41) is 0. The van der Waals surface area contributed by atoms with E-state index in [-0.39, 0.29) is 5.78 Å². The Kier molecular flexibility index (Phi) is 2.85. The summed E-state index contributed by atoms with van der Waals surface area (Å²) in [5.74, 6) is 0.886. The summed E-state index contributed by atoms with van der Waals surface area (Å²) in [5.41, 5.74) is 2.84. The monoisotopic (exact) mass is 238 g/mol. The molecule has 0 amide bonds. The molecule has 0 fully saturated rings. The fourth-order valence-electron chi connectivity index (χ4n) is 2.40. The Morgan fingerprint density at radius 1 is 1.06 bits per heavy atom. The molecule has 2 heteroatoms. The third-order valence-corrected chi connectivity index (χ3v) is 3.31. The molecule has 90 valence electrons. The van der Waals surface area contributed by atoms with Crippen LogP contribution in [0.25, 0.3) is 6.08 Å². The number of aryl methyl sites for hydroxylation is 1. The zero-order chi connectivity index (χ0) is 12.4. The van der Waals surface area contributed by atoms with Crippen molar-refractivity contribution in [2.24, 2.45) is 0 Å². The quantitative estimate of drug-likeness (QED) is 0.557. The highest BCUT2D eigenvalue weighted by atomic mass is 16.3. The molecular weight excluding hydrogens is 224 g/mol. The van der Waals surface area contributed by atoms with Gasteiger partial charge in [0.1, 0.15) is 5.76 Å². The van der Waals surface area contributed by atoms with E-state index in [9.17, 15) is 4.79 Å². The average Bonchev–Trinajstić information content (AvgIpc) is 2.85. The minimum atomic E-state index is 0.138. The number of furan rings is 1. The van der Waals surface area contributed by atoms with E-state index in [0.717, 1.165) is 41.7 Å². The van der Waals surface area contributed by atoms with Crippen LogP contribution in [-0.2, 0) is 6.42 Å². The van der Waals surface area contributed by atoms with Gasteiger partial charge in [0, 0.05) is 11.1 Å². The lowest BCUT2D eigenvalue weighted by Gasteiger charge is -2.03. The van der Waals surface area contributed by atoms with Crippen LogP contribution in [0.5, 0.6) is 0 Å². The predicted molar refractivity (Wildman–Crippen MR) is 70.4 cm³/mol. The van der Waals surface area contributed by atoms with Gasteiger partial charge in [-0.3, -0.25) is 4.79 Å². The van der Waals surface area contributed by atoms with Gasteiger partial charge in [-0.05, 0) is 43.0 Å². The van der Waals surface area contributed by atoms with E-state index in [1.165, 1.54) is 0 Å². The largest absolute Gasteiger partial charge is 0.465 e. The number of carbonyl (C=O) groups excluding carboxylic acids is 1. The Labute approximate surface area is 106 Å². The van der Waals surface area contributed by atoms with Crippen LogP contribution in [0.2, 0.25) is 0 Å². The van der Waals surface area contributed by atoms with Gasteiger partial charge in [-0.1, -0.05) is 24.3 Å². The first kappa shape index (κ1) is 11.0. The van der Waals surface area contributed by atoms with Gasteiger partial charge in [-0.2, -0.15) is 0 Å². The fourth-order valence-corrected chi connectivity index (χ4v) is 2.40. The van der Waals surface area contributed by atoms with Crippen molar-refractivity contribution in [3.63, 3.8) is 0 Å². The van der Waals surface area contributed by atoms with Gasteiger partial charge < -0.3 is 4.42 Å². The predicted octanol–water partition coefficient (Wildman–Crippen LogP) is 3.88. The summed E-state index contributed by atoms with van der Waals surface area (Å²) in [6, 6.07) is 11.6. The molecule has 0 bridgehead atoms. The van der Waals surface area contributed by atoms with Crippen molar-refractivity contribution in [3.05, 3.63) is 65.1 Å². The molecule has 0 unspecified atom stereocenters. The maximum Gasteiger partial charge on any atom is 0.189 e. The van der Waals surface area contributed by atoms with Gasteiger partial charge in [0.05, 0.1) is 6.26 Å². The van der Waals surface area contributed by atoms with Crippen LogP contribution in [0.4, 0.5) is 0 Å². The zero-order valence-corrected chi connectivity index (χ0v) is 10.1. The SMILES string of the molecule is O=C1/C(=C/c2ccco2)CCCc2ccccc21. The van der Waals surface area contributed by atoms with Gasteiger partial charge in [-0.25, -0.2) is 0 Å². The first-order chi connectivity index (χ1) is 8.84. The molecule has 3 rings (SSSR count). The van der Waals surface area contributed by atoms with E-state index in [2.05, 4.69) is 0 Å². The van der Waals surface area contributed by atoms with Gasteiger partial charge in [-0.15, -0.1) is 0 Å². The molecule has 0 saturated carbocycles. The topological polar surface area (TPSA) is 30.2 Å². The second-order valence-electron chi connectivity index (χ2n) is 4.52. The lowest BCUT2D eigenvalue weighted by molar-refractivity contribution is 0.103. The number of carbonyl (C=O) groups is 1. The normalized spacial score (nSPS) is 17.6. The third-order valence-electron chi connectivity index (χ3n) is 3.31. The number of benzene rings is 1. The second-order valence-corrected chi connectivity index (χ2v) is 4.52. The van der Waals surface area contributed by atoms with Crippen molar-refractivity contribution in [2.45, 2.75) is 19.3 Å². The van der Waals surface area contributed by atoms with Crippen LogP contribution in [0.1, 0.15) is 34.5 Å². The maximum atomic E-state index is 12.5. The third kappa shape index (κ3) is 2.02. The molecule has 0 saturated heterocycles.